The average molecular weight is 251 g/mol. The smallest absolute Gasteiger partial charge is 0.269 e. The van der Waals surface area contributed by atoms with Crippen molar-refractivity contribution in [3.63, 3.8) is 0 Å². The van der Waals surface area contributed by atoms with Crippen molar-refractivity contribution in [1.82, 2.24) is 0 Å². The Labute approximate surface area is 102 Å². The second-order valence-corrected chi connectivity index (χ2v) is 9.72. The number of hydrogen-bond acceptors (Lipinski definition) is 3. The third-order valence-electron chi connectivity index (χ3n) is 2.37. The molecule has 0 aliphatic heterocycles. The molecule has 0 radical (unpaired) electrons. The van der Waals surface area contributed by atoms with Crippen molar-refractivity contribution in [2.24, 2.45) is 0 Å². The summed E-state index contributed by atoms with van der Waals surface area (Å²) in [6.07, 6.45) is 2.61. The van der Waals surface area contributed by atoms with Crippen molar-refractivity contribution < 1.29 is 9.66 Å². The van der Waals surface area contributed by atoms with Crippen LogP contribution in [0.3, 0.4) is 0 Å². The summed E-state index contributed by atoms with van der Waals surface area (Å²) in [5.41, 5.74) is 0.0833. The molecule has 0 saturated heterocycles. The Bertz CT molecular complexity index is 401. The van der Waals surface area contributed by atoms with E-state index in [1.54, 1.807) is 12.1 Å². The molecule has 0 fully saturated rings. The van der Waals surface area contributed by atoms with E-state index in [1.807, 2.05) is 6.08 Å². The van der Waals surface area contributed by atoms with Crippen LogP contribution in [0, 0.1) is 10.1 Å². The standard InChI is InChI=1S/C12H17NO3Si/c1-4-9-17(2,3)10-16-12-7-5-11(6-8-12)13(14)15/h4-8H,1,9-10H2,2-3H3. The molecule has 0 N–H and O–H groups in total. The van der Waals surface area contributed by atoms with Crippen molar-refractivity contribution in [2.75, 3.05) is 6.23 Å². The number of hydrogen-bond donors (Lipinski definition) is 0. The lowest BCUT2D eigenvalue weighted by Gasteiger charge is -2.20. The van der Waals surface area contributed by atoms with Gasteiger partial charge in [-0.3, -0.25) is 10.1 Å². The molecule has 17 heavy (non-hydrogen) atoms. The van der Waals surface area contributed by atoms with Crippen LogP contribution in [0.25, 0.3) is 0 Å². The molecule has 0 aromatic heterocycles. The van der Waals surface area contributed by atoms with E-state index in [2.05, 4.69) is 19.7 Å². The predicted octanol–water partition coefficient (Wildman–Crippen LogP) is 3.41. The summed E-state index contributed by atoms with van der Waals surface area (Å²) in [4.78, 5) is 10.1. The summed E-state index contributed by atoms with van der Waals surface area (Å²) in [6.45, 7) is 8.18. The van der Waals surface area contributed by atoms with E-state index in [0.29, 0.717) is 12.0 Å². The zero-order valence-electron chi connectivity index (χ0n) is 10.2. The van der Waals surface area contributed by atoms with Crippen molar-refractivity contribution in [3.05, 3.63) is 47.0 Å². The van der Waals surface area contributed by atoms with Crippen LogP contribution in [-0.2, 0) is 0 Å². The van der Waals surface area contributed by atoms with Crippen LogP contribution in [0.15, 0.2) is 36.9 Å². The topological polar surface area (TPSA) is 52.4 Å². The molecule has 1 aromatic carbocycles. The first-order valence-electron chi connectivity index (χ1n) is 5.43. The van der Waals surface area contributed by atoms with Crippen LogP contribution in [0.4, 0.5) is 5.69 Å². The van der Waals surface area contributed by atoms with Gasteiger partial charge in [0.15, 0.2) is 0 Å². The van der Waals surface area contributed by atoms with Crippen LogP contribution < -0.4 is 4.74 Å². The first kappa shape index (κ1) is 13.4. The summed E-state index contributed by atoms with van der Waals surface area (Å²) in [7, 11) is -1.40. The van der Waals surface area contributed by atoms with Crippen molar-refractivity contribution in [3.8, 4) is 5.75 Å². The zero-order chi connectivity index (χ0) is 12.9. The van der Waals surface area contributed by atoms with Crippen molar-refractivity contribution in [2.45, 2.75) is 19.1 Å². The van der Waals surface area contributed by atoms with Crippen LogP contribution in [-0.4, -0.2) is 19.2 Å². The summed E-state index contributed by atoms with van der Waals surface area (Å²) < 4.78 is 5.65. The molecule has 0 aliphatic carbocycles. The molecule has 0 unspecified atom stereocenters. The van der Waals surface area contributed by atoms with Gasteiger partial charge in [-0.1, -0.05) is 19.2 Å². The number of ether oxygens (including phenoxy) is 1. The third kappa shape index (κ3) is 4.40. The van der Waals surface area contributed by atoms with E-state index in [4.69, 9.17) is 4.74 Å². The molecule has 1 rings (SSSR count). The fraction of sp³-hybridized carbons (Fsp3) is 0.333. The van der Waals surface area contributed by atoms with Crippen molar-refractivity contribution in [1.29, 1.82) is 0 Å². The number of benzene rings is 1. The molecule has 4 nitrogen and oxygen atoms in total. The van der Waals surface area contributed by atoms with E-state index in [-0.39, 0.29) is 5.69 Å². The molecule has 1 aromatic rings. The Morgan fingerprint density at radius 3 is 2.47 bits per heavy atom. The number of non-ortho nitro benzene ring substituents is 1. The molecule has 0 atom stereocenters. The molecule has 0 amide bonds. The highest BCUT2D eigenvalue weighted by Crippen LogP contribution is 2.19. The first-order chi connectivity index (χ1) is 7.94. The van der Waals surface area contributed by atoms with Gasteiger partial charge in [-0.2, -0.15) is 0 Å². The van der Waals surface area contributed by atoms with Gasteiger partial charge in [-0.15, -0.1) is 6.58 Å². The van der Waals surface area contributed by atoms with Gasteiger partial charge in [-0.05, 0) is 18.2 Å². The fourth-order valence-corrected chi connectivity index (χ4v) is 2.85. The number of nitro benzene ring substituents is 1. The molecule has 0 bridgehead atoms. The number of allylic oxidation sites excluding steroid dienone is 1. The molecule has 0 spiro atoms. The Morgan fingerprint density at radius 1 is 1.41 bits per heavy atom. The van der Waals surface area contributed by atoms with Gasteiger partial charge >= 0.3 is 0 Å². The van der Waals surface area contributed by atoms with Gasteiger partial charge in [0.2, 0.25) is 0 Å². The van der Waals surface area contributed by atoms with Gasteiger partial charge < -0.3 is 4.74 Å². The first-order valence-corrected chi connectivity index (χ1v) is 8.84. The summed E-state index contributed by atoms with van der Waals surface area (Å²) in [5.74, 6) is 0.681. The molecule has 0 saturated carbocycles. The third-order valence-corrected chi connectivity index (χ3v) is 4.69. The second-order valence-electron chi connectivity index (χ2n) is 4.70. The minimum Gasteiger partial charge on any atom is -0.497 e. The molecule has 0 heterocycles. The van der Waals surface area contributed by atoms with Gasteiger partial charge in [0, 0.05) is 12.1 Å². The predicted molar refractivity (Wildman–Crippen MR) is 71.1 cm³/mol. The highest BCUT2D eigenvalue weighted by Gasteiger charge is 2.20. The van der Waals surface area contributed by atoms with Crippen LogP contribution >= 0.6 is 0 Å². The summed E-state index contributed by atoms with van der Waals surface area (Å²) in [5, 5.41) is 10.5. The highest BCUT2D eigenvalue weighted by atomic mass is 28.3. The lowest BCUT2D eigenvalue weighted by molar-refractivity contribution is -0.384. The van der Waals surface area contributed by atoms with E-state index >= 15 is 0 Å². The monoisotopic (exact) mass is 251 g/mol. The van der Waals surface area contributed by atoms with Gasteiger partial charge in [0.25, 0.3) is 5.69 Å². The zero-order valence-corrected chi connectivity index (χ0v) is 11.2. The highest BCUT2D eigenvalue weighted by molar-refractivity contribution is 6.77. The van der Waals surface area contributed by atoms with Gasteiger partial charge in [0.1, 0.15) is 5.75 Å². The minimum absolute atomic E-state index is 0.0833. The molecule has 0 aliphatic rings. The summed E-state index contributed by atoms with van der Waals surface area (Å²) >= 11 is 0. The van der Waals surface area contributed by atoms with Crippen LogP contribution in [0.2, 0.25) is 19.1 Å². The lowest BCUT2D eigenvalue weighted by Crippen LogP contribution is -2.33. The Morgan fingerprint density at radius 2 is 2.00 bits per heavy atom. The van der Waals surface area contributed by atoms with Gasteiger partial charge in [-0.25, -0.2) is 0 Å². The number of nitro groups is 1. The van der Waals surface area contributed by atoms with E-state index in [0.717, 1.165) is 6.04 Å². The Balaban J connectivity index is 2.58. The average Bonchev–Trinajstić information content (AvgIpc) is 2.27. The van der Waals surface area contributed by atoms with E-state index < -0.39 is 13.0 Å². The SMILES string of the molecule is C=CC[Si](C)(C)COc1ccc([N+](=O)[O-])cc1. The fourth-order valence-electron chi connectivity index (χ4n) is 1.39. The van der Waals surface area contributed by atoms with E-state index in [9.17, 15) is 10.1 Å². The Kier molecular flexibility index (Phi) is 4.45. The lowest BCUT2D eigenvalue weighted by atomic mass is 10.3. The normalized spacial score (nSPS) is 10.9. The minimum atomic E-state index is -1.40. The maximum Gasteiger partial charge on any atom is 0.269 e. The van der Waals surface area contributed by atoms with E-state index in [1.165, 1.54) is 12.1 Å². The van der Waals surface area contributed by atoms with Crippen molar-refractivity contribution >= 4 is 13.8 Å². The number of nitrogens with zero attached hydrogens (tertiary/aromatic N) is 1. The molecule has 5 heteroatoms. The quantitative estimate of drug-likeness (QED) is 0.337. The maximum atomic E-state index is 10.5. The van der Waals surface area contributed by atoms with Crippen LogP contribution in [0.5, 0.6) is 5.75 Å². The number of rotatable bonds is 6. The second kappa shape index (κ2) is 5.63. The summed E-state index contributed by atoms with van der Waals surface area (Å²) in [6, 6.07) is 7.18. The van der Waals surface area contributed by atoms with Gasteiger partial charge in [0.05, 0.1) is 19.2 Å². The molecular weight excluding hydrogens is 234 g/mol. The molecular formula is C12H17NO3Si. The maximum absolute atomic E-state index is 10.5. The van der Waals surface area contributed by atoms with Crippen LogP contribution in [0.1, 0.15) is 0 Å². The molecule has 92 valence electrons. The largest absolute Gasteiger partial charge is 0.497 e. The Hall–Kier alpha value is -1.62.